The highest BCUT2D eigenvalue weighted by Crippen LogP contribution is 2.26. The van der Waals surface area contributed by atoms with E-state index in [1.807, 2.05) is 20.8 Å². The number of hydrogen-bond acceptors (Lipinski definition) is 4. The molecule has 7 heteroatoms. The van der Waals surface area contributed by atoms with E-state index in [4.69, 9.17) is 10.8 Å². The van der Waals surface area contributed by atoms with E-state index in [0.717, 1.165) is 6.07 Å². The minimum absolute atomic E-state index is 0.164. The Morgan fingerprint density at radius 2 is 1.95 bits per heavy atom. The van der Waals surface area contributed by atoms with Gasteiger partial charge in [0.25, 0.3) is 0 Å². The third kappa shape index (κ3) is 4.39. The lowest BCUT2D eigenvalue weighted by molar-refractivity contribution is 0.214. The largest absolute Gasteiger partial charge is 0.399 e. The molecule has 1 aromatic carbocycles. The van der Waals surface area contributed by atoms with Crippen molar-refractivity contribution in [2.24, 2.45) is 5.41 Å². The summed E-state index contributed by atoms with van der Waals surface area (Å²) in [6, 6.07) is 1.96. The normalized spacial score (nSPS) is 14.2. The number of sulfonamides is 1. The summed E-state index contributed by atoms with van der Waals surface area (Å²) < 4.78 is 41.4. The van der Waals surface area contributed by atoms with Crippen LogP contribution in [-0.2, 0) is 10.0 Å². The molecule has 0 bridgehead atoms. The second kappa shape index (κ2) is 6.29. The van der Waals surface area contributed by atoms with Gasteiger partial charge in [-0.2, -0.15) is 0 Å². The second-order valence-corrected chi connectivity index (χ2v) is 7.88. The van der Waals surface area contributed by atoms with Gasteiger partial charge in [0.1, 0.15) is 10.7 Å². The lowest BCUT2D eigenvalue weighted by atomic mass is 9.86. The molecule has 0 radical (unpaired) electrons. The highest BCUT2D eigenvalue weighted by molar-refractivity contribution is 7.89. The van der Waals surface area contributed by atoms with E-state index in [0.29, 0.717) is 0 Å². The summed E-state index contributed by atoms with van der Waals surface area (Å²) in [6.45, 7) is 6.83. The molecule has 0 saturated carbocycles. The van der Waals surface area contributed by atoms with Gasteiger partial charge in [0.05, 0.1) is 0 Å². The van der Waals surface area contributed by atoms with Gasteiger partial charge < -0.3 is 10.8 Å². The first-order valence-corrected chi connectivity index (χ1v) is 8.16. The molecule has 1 aromatic rings. The van der Waals surface area contributed by atoms with E-state index >= 15 is 0 Å². The summed E-state index contributed by atoms with van der Waals surface area (Å²) in [5, 5.41) is 9.08. The molecule has 1 rings (SSSR count). The highest BCUT2D eigenvalue weighted by atomic mass is 32.2. The zero-order chi connectivity index (χ0) is 16.4. The number of anilines is 1. The minimum atomic E-state index is -4.06. The number of halogens is 1. The lowest BCUT2D eigenvalue weighted by Crippen LogP contribution is -2.44. The standard InChI is InChI=1S/C14H23FN2O3S/c1-9-7-10(16)8-11(13(9)15)21(19,20)17-12(5-6-18)14(2,3)4/h7-8,12,17-18H,5-6,16H2,1-4H3. The molecule has 0 fully saturated rings. The van der Waals surface area contributed by atoms with Crippen LogP contribution in [0.2, 0.25) is 0 Å². The van der Waals surface area contributed by atoms with Crippen molar-refractivity contribution in [3.63, 3.8) is 0 Å². The molecule has 0 saturated heterocycles. The topological polar surface area (TPSA) is 92.4 Å². The van der Waals surface area contributed by atoms with Crippen LogP contribution in [0.15, 0.2) is 17.0 Å². The van der Waals surface area contributed by atoms with Crippen molar-refractivity contribution < 1.29 is 17.9 Å². The first-order chi connectivity index (χ1) is 9.49. The molecule has 1 atom stereocenters. The van der Waals surface area contributed by atoms with Crippen LogP contribution in [0.4, 0.5) is 10.1 Å². The molecule has 0 aromatic heterocycles. The maximum absolute atomic E-state index is 14.1. The van der Waals surface area contributed by atoms with Gasteiger partial charge in [-0.05, 0) is 36.5 Å². The van der Waals surface area contributed by atoms with E-state index in [1.54, 1.807) is 0 Å². The van der Waals surface area contributed by atoms with E-state index in [-0.39, 0.29) is 24.3 Å². The fraction of sp³-hybridized carbons (Fsp3) is 0.571. The Morgan fingerprint density at radius 1 is 1.38 bits per heavy atom. The molecular formula is C14H23FN2O3S. The van der Waals surface area contributed by atoms with Crippen molar-refractivity contribution in [2.75, 3.05) is 12.3 Å². The smallest absolute Gasteiger partial charge is 0.243 e. The van der Waals surface area contributed by atoms with Crippen molar-refractivity contribution in [1.29, 1.82) is 0 Å². The second-order valence-electron chi connectivity index (χ2n) is 6.20. The monoisotopic (exact) mass is 318 g/mol. The van der Waals surface area contributed by atoms with Gasteiger partial charge in [-0.1, -0.05) is 20.8 Å². The first kappa shape index (κ1) is 17.9. The van der Waals surface area contributed by atoms with E-state index in [2.05, 4.69) is 4.72 Å². The minimum Gasteiger partial charge on any atom is -0.399 e. The molecule has 0 heterocycles. The van der Waals surface area contributed by atoms with Crippen molar-refractivity contribution >= 4 is 15.7 Å². The Labute approximate surface area is 125 Å². The number of rotatable bonds is 5. The molecule has 5 nitrogen and oxygen atoms in total. The summed E-state index contributed by atoms with van der Waals surface area (Å²) in [4.78, 5) is -0.466. The summed E-state index contributed by atoms with van der Waals surface area (Å²) in [6.07, 6.45) is 0.242. The molecule has 120 valence electrons. The number of hydrogen-bond donors (Lipinski definition) is 3. The molecule has 1 unspecified atom stereocenters. The predicted molar refractivity (Wildman–Crippen MR) is 80.8 cm³/mol. The van der Waals surface area contributed by atoms with Gasteiger partial charge in [-0.25, -0.2) is 17.5 Å². The highest BCUT2D eigenvalue weighted by Gasteiger charge is 2.31. The molecule has 0 spiro atoms. The first-order valence-electron chi connectivity index (χ1n) is 6.68. The van der Waals surface area contributed by atoms with Crippen LogP contribution in [0, 0.1) is 18.2 Å². The maximum atomic E-state index is 14.1. The summed E-state index contributed by atoms with van der Waals surface area (Å²) >= 11 is 0. The molecule has 0 aliphatic carbocycles. The summed E-state index contributed by atoms with van der Waals surface area (Å²) in [5.41, 5.74) is 5.54. The van der Waals surface area contributed by atoms with Crippen LogP contribution in [0.25, 0.3) is 0 Å². The van der Waals surface area contributed by atoms with Crippen LogP contribution < -0.4 is 10.5 Å². The SMILES string of the molecule is Cc1cc(N)cc(S(=O)(=O)NC(CCO)C(C)(C)C)c1F. The van der Waals surface area contributed by atoms with Crippen LogP contribution in [0.1, 0.15) is 32.8 Å². The Balaban J connectivity index is 3.23. The Kier molecular flexibility index (Phi) is 5.35. The van der Waals surface area contributed by atoms with Gasteiger partial charge in [-0.3, -0.25) is 0 Å². The van der Waals surface area contributed by atoms with Crippen molar-refractivity contribution in [3.8, 4) is 0 Å². The average molecular weight is 318 g/mol. The summed E-state index contributed by atoms with van der Waals surface area (Å²) in [5.74, 6) is -0.812. The van der Waals surface area contributed by atoms with Gasteiger partial charge in [0.15, 0.2) is 0 Å². The lowest BCUT2D eigenvalue weighted by Gasteiger charge is -2.31. The van der Waals surface area contributed by atoms with Crippen LogP contribution in [0.5, 0.6) is 0 Å². The van der Waals surface area contributed by atoms with Crippen LogP contribution in [0.3, 0.4) is 0 Å². The van der Waals surface area contributed by atoms with Gasteiger partial charge in [-0.15, -0.1) is 0 Å². The number of nitrogens with two attached hydrogens (primary N) is 1. The number of nitrogen functional groups attached to an aromatic ring is 1. The zero-order valence-electron chi connectivity index (χ0n) is 12.8. The maximum Gasteiger partial charge on any atom is 0.243 e. The van der Waals surface area contributed by atoms with E-state index in [1.165, 1.54) is 13.0 Å². The number of aryl methyl sites for hydroxylation is 1. The number of benzene rings is 1. The number of nitrogens with one attached hydrogen (secondary N) is 1. The van der Waals surface area contributed by atoms with Gasteiger partial charge in [0.2, 0.25) is 10.0 Å². The molecule has 0 aliphatic heterocycles. The Bertz CT molecular complexity index is 609. The molecular weight excluding hydrogens is 295 g/mol. The average Bonchev–Trinajstić information content (AvgIpc) is 2.31. The molecule has 4 N–H and O–H groups in total. The van der Waals surface area contributed by atoms with Crippen molar-refractivity contribution in [2.45, 2.75) is 45.1 Å². The molecule has 21 heavy (non-hydrogen) atoms. The van der Waals surface area contributed by atoms with Gasteiger partial charge in [0, 0.05) is 18.3 Å². The Morgan fingerprint density at radius 3 is 2.43 bits per heavy atom. The van der Waals surface area contributed by atoms with Crippen LogP contribution >= 0.6 is 0 Å². The fourth-order valence-corrected chi connectivity index (χ4v) is 3.67. The third-order valence-corrected chi connectivity index (χ3v) is 4.76. The van der Waals surface area contributed by atoms with Crippen molar-refractivity contribution in [1.82, 2.24) is 4.72 Å². The summed E-state index contributed by atoms with van der Waals surface area (Å²) in [7, 11) is -4.06. The fourth-order valence-electron chi connectivity index (χ4n) is 2.01. The Hall–Kier alpha value is -1.18. The van der Waals surface area contributed by atoms with Gasteiger partial charge >= 0.3 is 0 Å². The quantitative estimate of drug-likeness (QED) is 0.722. The van der Waals surface area contributed by atoms with Crippen LogP contribution in [-0.4, -0.2) is 26.2 Å². The predicted octanol–water partition coefficient (Wildman–Crippen LogP) is 1.79. The molecule has 0 aliphatic rings. The van der Waals surface area contributed by atoms with E-state index < -0.39 is 32.2 Å². The molecule has 0 amide bonds. The zero-order valence-corrected chi connectivity index (χ0v) is 13.6. The number of aliphatic hydroxyl groups excluding tert-OH is 1. The van der Waals surface area contributed by atoms with E-state index in [9.17, 15) is 12.8 Å². The van der Waals surface area contributed by atoms with Crippen molar-refractivity contribution in [3.05, 3.63) is 23.5 Å². The third-order valence-electron chi connectivity index (χ3n) is 3.29. The number of aliphatic hydroxyl groups is 1.